The molecule has 0 spiro atoms. The second kappa shape index (κ2) is 19.3. The van der Waals surface area contributed by atoms with Crippen molar-refractivity contribution in [3.8, 4) is 0 Å². The molecule has 0 fully saturated rings. The largest absolute Gasteiger partial charge is 0.379 e. The Hall–Kier alpha value is -0.730. The Morgan fingerprint density at radius 3 is 1.96 bits per heavy atom. The van der Waals surface area contributed by atoms with Crippen LogP contribution in [0.2, 0.25) is 0 Å². The van der Waals surface area contributed by atoms with Gasteiger partial charge in [-0.3, -0.25) is 4.79 Å². The number of ether oxygens (including phenoxy) is 5. The number of hydrogen-bond donors (Lipinski definition) is 1. The third-order valence-electron chi connectivity index (χ3n) is 2.76. The third-order valence-corrected chi connectivity index (χ3v) is 2.76. The van der Waals surface area contributed by atoms with E-state index in [-0.39, 0.29) is 12.5 Å². The molecule has 1 N–H and O–H groups in total. The average molecular weight is 335 g/mol. The van der Waals surface area contributed by atoms with Crippen molar-refractivity contribution >= 4 is 5.91 Å². The number of hydrogen-bond acceptors (Lipinski definition) is 6. The number of amides is 1. The van der Waals surface area contributed by atoms with Crippen LogP contribution in [0.1, 0.15) is 26.7 Å². The van der Waals surface area contributed by atoms with Gasteiger partial charge in [0.2, 0.25) is 5.91 Å². The summed E-state index contributed by atoms with van der Waals surface area (Å²) in [6.45, 7) is 9.65. The summed E-state index contributed by atoms with van der Waals surface area (Å²) in [5.74, 6) is -0.151. The monoisotopic (exact) mass is 335 g/mol. The van der Waals surface area contributed by atoms with Crippen molar-refractivity contribution in [2.75, 3.05) is 72.6 Å². The molecule has 0 aromatic carbocycles. The van der Waals surface area contributed by atoms with Crippen molar-refractivity contribution in [2.45, 2.75) is 26.7 Å². The summed E-state index contributed by atoms with van der Waals surface area (Å²) < 4.78 is 26.3. The molecule has 0 aliphatic rings. The van der Waals surface area contributed by atoms with Crippen molar-refractivity contribution in [3.05, 3.63) is 0 Å². The van der Waals surface area contributed by atoms with Gasteiger partial charge in [-0.25, -0.2) is 0 Å². The quantitative estimate of drug-likeness (QED) is 0.377. The molecular formula is C16H33NO6. The van der Waals surface area contributed by atoms with Gasteiger partial charge < -0.3 is 29.0 Å². The Morgan fingerprint density at radius 2 is 1.30 bits per heavy atom. The molecule has 0 aromatic heterocycles. The van der Waals surface area contributed by atoms with E-state index >= 15 is 0 Å². The lowest BCUT2D eigenvalue weighted by Crippen LogP contribution is -2.31. The number of carbonyl (C=O) groups is 1. The Labute approximate surface area is 139 Å². The van der Waals surface area contributed by atoms with Gasteiger partial charge in [-0.2, -0.15) is 0 Å². The van der Waals surface area contributed by atoms with Gasteiger partial charge in [0.1, 0.15) is 6.61 Å². The number of nitrogens with one attached hydrogen (secondary N) is 1. The summed E-state index contributed by atoms with van der Waals surface area (Å²) in [7, 11) is 0. The van der Waals surface area contributed by atoms with Crippen LogP contribution in [0.3, 0.4) is 0 Å². The fraction of sp³-hybridized carbons (Fsp3) is 0.938. The van der Waals surface area contributed by atoms with Crippen LogP contribution >= 0.6 is 0 Å². The zero-order chi connectivity index (χ0) is 17.0. The van der Waals surface area contributed by atoms with Crippen molar-refractivity contribution in [1.82, 2.24) is 5.32 Å². The highest BCUT2D eigenvalue weighted by Crippen LogP contribution is 1.87. The molecule has 0 atom stereocenters. The summed E-state index contributed by atoms with van der Waals surface area (Å²) in [6, 6.07) is 0. The molecule has 0 aliphatic heterocycles. The summed E-state index contributed by atoms with van der Waals surface area (Å²) in [5.41, 5.74) is 0. The molecule has 0 aliphatic carbocycles. The smallest absolute Gasteiger partial charge is 0.246 e. The minimum Gasteiger partial charge on any atom is -0.379 e. The molecule has 138 valence electrons. The number of rotatable bonds is 18. The first-order valence-electron chi connectivity index (χ1n) is 8.46. The summed E-state index contributed by atoms with van der Waals surface area (Å²) in [6.07, 6.45) is 2.21. The second-order valence-electron chi connectivity index (χ2n) is 4.79. The van der Waals surface area contributed by atoms with E-state index in [1.807, 2.05) is 6.92 Å². The highest BCUT2D eigenvalue weighted by atomic mass is 16.5. The Balaban J connectivity index is 3.13. The maximum Gasteiger partial charge on any atom is 0.246 e. The summed E-state index contributed by atoms with van der Waals surface area (Å²) >= 11 is 0. The highest BCUT2D eigenvalue weighted by molar-refractivity contribution is 5.77. The van der Waals surface area contributed by atoms with Gasteiger partial charge in [-0.15, -0.1) is 0 Å². The molecule has 0 saturated heterocycles. The SMILES string of the molecule is CCCCOCCOCCNC(=O)COCCOCCOCC. The van der Waals surface area contributed by atoms with E-state index in [1.165, 1.54) is 0 Å². The van der Waals surface area contributed by atoms with Crippen molar-refractivity contribution < 1.29 is 28.5 Å². The third kappa shape index (κ3) is 19.2. The van der Waals surface area contributed by atoms with Gasteiger partial charge in [-0.05, 0) is 13.3 Å². The molecule has 1 amide bonds. The molecule has 0 heterocycles. The van der Waals surface area contributed by atoms with Gasteiger partial charge >= 0.3 is 0 Å². The normalized spacial score (nSPS) is 10.9. The fourth-order valence-electron chi connectivity index (χ4n) is 1.53. The van der Waals surface area contributed by atoms with E-state index in [0.717, 1.165) is 19.4 Å². The minimum absolute atomic E-state index is 0.0367. The van der Waals surface area contributed by atoms with Gasteiger partial charge in [0.15, 0.2) is 0 Å². The number of carbonyl (C=O) groups excluding carboxylic acids is 1. The fourth-order valence-corrected chi connectivity index (χ4v) is 1.53. The predicted molar refractivity (Wildman–Crippen MR) is 87.7 cm³/mol. The Kier molecular flexibility index (Phi) is 18.7. The first-order valence-corrected chi connectivity index (χ1v) is 8.46. The van der Waals surface area contributed by atoms with Crippen LogP contribution in [0.4, 0.5) is 0 Å². The molecule has 0 radical (unpaired) electrons. The van der Waals surface area contributed by atoms with Crippen LogP contribution in [-0.4, -0.2) is 78.5 Å². The van der Waals surface area contributed by atoms with Crippen LogP contribution in [0.5, 0.6) is 0 Å². The van der Waals surface area contributed by atoms with Crippen molar-refractivity contribution in [3.63, 3.8) is 0 Å². The van der Waals surface area contributed by atoms with Crippen molar-refractivity contribution in [2.24, 2.45) is 0 Å². The zero-order valence-corrected chi connectivity index (χ0v) is 14.6. The van der Waals surface area contributed by atoms with Crippen LogP contribution in [0, 0.1) is 0 Å². The van der Waals surface area contributed by atoms with Gasteiger partial charge in [0.25, 0.3) is 0 Å². The van der Waals surface area contributed by atoms with Gasteiger partial charge in [-0.1, -0.05) is 13.3 Å². The molecular weight excluding hydrogens is 302 g/mol. The predicted octanol–water partition coefficient (Wildman–Crippen LogP) is 1.01. The topological polar surface area (TPSA) is 75.3 Å². The minimum atomic E-state index is -0.151. The molecule has 0 bridgehead atoms. The lowest BCUT2D eigenvalue weighted by molar-refractivity contribution is -0.126. The Bertz CT molecular complexity index is 253. The summed E-state index contributed by atoms with van der Waals surface area (Å²) in [5, 5.41) is 2.72. The zero-order valence-electron chi connectivity index (χ0n) is 14.6. The van der Waals surface area contributed by atoms with Crippen LogP contribution in [0.25, 0.3) is 0 Å². The lowest BCUT2D eigenvalue weighted by atomic mass is 10.4. The average Bonchev–Trinajstić information content (AvgIpc) is 2.56. The van der Waals surface area contributed by atoms with Crippen LogP contribution < -0.4 is 5.32 Å². The standard InChI is InChI=1S/C16H33NO6/c1-3-5-7-20-11-12-21-8-6-17-16(18)15-23-14-13-22-10-9-19-4-2/h3-15H2,1-2H3,(H,17,18). The van der Waals surface area contributed by atoms with Crippen LogP contribution in [0.15, 0.2) is 0 Å². The highest BCUT2D eigenvalue weighted by Gasteiger charge is 2.00. The van der Waals surface area contributed by atoms with Gasteiger partial charge in [0.05, 0.1) is 46.2 Å². The summed E-state index contributed by atoms with van der Waals surface area (Å²) in [4.78, 5) is 11.4. The first-order chi connectivity index (χ1) is 11.3. The molecule has 0 saturated carbocycles. The lowest BCUT2D eigenvalue weighted by Gasteiger charge is -2.08. The first kappa shape index (κ1) is 22.3. The Morgan fingerprint density at radius 1 is 0.739 bits per heavy atom. The maximum atomic E-state index is 11.4. The molecule has 0 unspecified atom stereocenters. The van der Waals surface area contributed by atoms with Gasteiger partial charge in [0, 0.05) is 19.8 Å². The number of unbranched alkanes of at least 4 members (excludes halogenated alkanes) is 1. The molecule has 23 heavy (non-hydrogen) atoms. The maximum absolute atomic E-state index is 11.4. The molecule has 7 heteroatoms. The van der Waals surface area contributed by atoms with E-state index in [2.05, 4.69) is 12.2 Å². The van der Waals surface area contributed by atoms with E-state index in [9.17, 15) is 4.79 Å². The second-order valence-corrected chi connectivity index (χ2v) is 4.79. The van der Waals surface area contributed by atoms with E-state index in [4.69, 9.17) is 23.7 Å². The van der Waals surface area contributed by atoms with E-state index < -0.39 is 0 Å². The van der Waals surface area contributed by atoms with E-state index in [0.29, 0.717) is 59.4 Å². The molecule has 0 aromatic rings. The molecule has 7 nitrogen and oxygen atoms in total. The van der Waals surface area contributed by atoms with Crippen molar-refractivity contribution in [1.29, 1.82) is 0 Å². The molecule has 0 rings (SSSR count). The van der Waals surface area contributed by atoms with E-state index in [1.54, 1.807) is 0 Å². The van der Waals surface area contributed by atoms with Crippen LogP contribution in [-0.2, 0) is 28.5 Å².